The summed E-state index contributed by atoms with van der Waals surface area (Å²) in [5.41, 5.74) is 4.03. The van der Waals surface area contributed by atoms with E-state index in [1.807, 2.05) is 18.2 Å². The van der Waals surface area contributed by atoms with Crippen LogP contribution in [0.5, 0.6) is 5.75 Å². The first-order chi connectivity index (χ1) is 17.8. The van der Waals surface area contributed by atoms with E-state index in [2.05, 4.69) is 22.5 Å². The number of hydrogen-bond acceptors (Lipinski definition) is 6. The largest absolute Gasteiger partial charge is 0.507 e. The van der Waals surface area contributed by atoms with Crippen molar-refractivity contribution in [1.29, 1.82) is 0 Å². The number of anilines is 1. The summed E-state index contributed by atoms with van der Waals surface area (Å²) in [6.45, 7) is 2.06. The second-order valence-corrected chi connectivity index (χ2v) is 9.33. The molecule has 186 valence electrons. The first-order valence-electron chi connectivity index (χ1n) is 11.2. The van der Waals surface area contributed by atoms with Crippen LogP contribution in [0.2, 0.25) is 10.0 Å². The number of amides is 1. The lowest BCUT2D eigenvalue weighted by Gasteiger charge is -2.10. The third kappa shape index (κ3) is 5.32. The highest BCUT2D eigenvalue weighted by Gasteiger charge is 2.17. The van der Waals surface area contributed by atoms with Gasteiger partial charge in [0.05, 0.1) is 15.6 Å². The number of nitrogens with one attached hydrogen (secondary N) is 2. The zero-order valence-electron chi connectivity index (χ0n) is 19.3. The summed E-state index contributed by atoms with van der Waals surface area (Å²) in [5.74, 6) is 0.246. The number of rotatable bonds is 5. The van der Waals surface area contributed by atoms with Gasteiger partial charge in [0, 0.05) is 11.3 Å². The number of phenols is 1. The molecular weight excluding hydrogens is 533 g/mol. The van der Waals surface area contributed by atoms with E-state index in [0.29, 0.717) is 43.7 Å². The van der Waals surface area contributed by atoms with Gasteiger partial charge in [0.1, 0.15) is 17.0 Å². The number of phenolic OH excluding ortho intramolecular Hbond substituents is 1. The molecule has 0 aliphatic carbocycles. The number of carbonyl (C=O) groups excluding carboxylic acids is 1. The number of fused-ring (bicyclic) bond motifs is 1. The smallest absolute Gasteiger partial charge is 0.293 e. The monoisotopic (exact) mass is 551 g/mol. The molecule has 0 saturated carbocycles. The first-order valence-corrected chi connectivity index (χ1v) is 12.4. The minimum Gasteiger partial charge on any atom is -0.507 e. The Morgan fingerprint density at radius 3 is 2.62 bits per heavy atom. The van der Waals surface area contributed by atoms with Gasteiger partial charge in [0.15, 0.2) is 16.5 Å². The van der Waals surface area contributed by atoms with Crippen molar-refractivity contribution >= 4 is 63.2 Å². The minimum absolute atomic E-state index is 0.00630. The topological polar surface area (TPSA) is 101 Å². The Labute approximate surface area is 227 Å². The Hall–Kier alpha value is -3.85. The minimum atomic E-state index is -0.534. The molecule has 10 heteroatoms. The number of nitrogens with zero attached hydrogens (tertiary/aromatic N) is 1. The number of thiocarbonyl (C=S) groups is 1. The summed E-state index contributed by atoms with van der Waals surface area (Å²) in [4.78, 5) is 17.2. The zero-order valence-corrected chi connectivity index (χ0v) is 21.7. The van der Waals surface area contributed by atoms with Gasteiger partial charge in [0.2, 0.25) is 5.89 Å². The van der Waals surface area contributed by atoms with Crippen LogP contribution in [0.4, 0.5) is 5.69 Å². The van der Waals surface area contributed by atoms with E-state index in [1.54, 1.807) is 36.4 Å². The van der Waals surface area contributed by atoms with Crippen LogP contribution in [-0.2, 0) is 6.42 Å². The lowest BCUT2D eigenvalue weighted by atomic mass is 10.1. The fourth-order valence-electron chi connectivity index (χ4n) is 3.68. The molecular formula is C27H19Cl2N3O4S. The number of benzene rings is 3. The maximum absolute atomic E-state index is 12.7. The Morgan fingerprint density at radius 2 is 1.84 bits per heavy atom. The fourth-order valence-corrected chi connectivity index (χ4v) is 4.19. The molecule has 2 heterocycles. The van der Waals surface area contributed by atoms with Gasteiger partial charge in [-0.25, -0.2) is 4.98 Å². The molecule has 0 bridgehead atoms. The molecule has 3 aromatic carbocycles. The van der Waals surface area contributed by atoms with Gasteiger partial charge in [0.25, 0.3) is 5.91 Å². The molecule has 1 amide bonds. The highest BCUT2D eigenvalue weighted by Crippen LogP contribution is 2.34. The quantitative estimate of drug-likeness (QED) is 0.154. The van der Waals surface area contributed by atoms with Crippen molar-refractivity contribution in [3.8, 4) is 28.5 Å². The fraction of sp³-hybridized carbons (Fsp3) is 0.0741. The molecule has 5 aromatic rings. The normalized spacial score (nSPS) is 11.0. The summed E-state index contributed by atoms with van der Waals surface area (Å²) in [7, 11) is 0. The van der Waals surface area contributed by atoms with Crippen LogP contribution in [0.25, 0.3) is 33.9 Å². The second kappa shape index (κ2) is 10.3. The van der Waals surface area contributed by atoms with Crippen LogP contribution in [0.15, 0.2) is 75.6 Å². The number of halogens is 2. The molecule has 0 aliphatic rings. The summed E-state index contributed by atoms with van der Waals surface area (Å²) in [5, 5.41) is 16.8. The first kappa shape index (κ1) is 24.8. The number of oxazole rings is 1. The highest BCUT2D eigenvalue weighted by molar-refractivity contribution is 7.80. The van der Waals surface area contributed by atoms with E-state index < -0.39 is 5.91 Å². The van der Waals surface area contributed by atoms with Crippen molar-refractivity contribution in [1.82, 2.24) is 10.3 Å². The van der Waals surface area contributed by atoms with E-state index in [4.69, 9.17) is 44.3 Å². The van der Waals surface area contributed by atoms with Gasteiger partial charge in [-0.15, -0.1) is 0 Å². The lowest BCUT2D eigenvalue weighted by Crippen LogP contribution is -2.33. The Balaban J connectivity index is 1.29. The number of aromatic hydroxyl groups is 1. The van der Waals surface area contributed by atoms with E-state index in [1.165, 1.54) is 12.1 Å². The average Bonchev–Trinajstić information content (AvgIpc) is 3.54. The van der Waals surface area contributed by atoms with E-state index in [0.717, 1.165) is 12.0 Å². The standard InChI is InChI=1S/C27H19Cl2N3O4S/c1-2-14-3-8-23-20(11-14)31-26(36-23)17-13-16(5-7-21(17)33)30-27(37)32-25(34)24-10-9-22(35-24)15-4-6-18(28)19(29)12-15/h3-13,33H,2H2,1H3,(H2,30,32,34,37). The molecule has 0 spiro atoms. The number of furan rings is 1. The number of aryl methyl sites for hydroxylation is 1. The summed E-state index contributed by atoms with van der Waals surface area (Å²) in [6, 6.07) is 18.7. The highest BCUT2D eigenvalue weighted by atomic mass is 35.5. The molecule has 3 N–H and O–H groups in total. The number of aromatic nitrogens is 1. The average molecular weight is 552 g/mol. The molecule has 7 nitrogen and oxygen atoms in total. The van der Waals surface area contributed by atoms with Crippen molar-refractivity contribution in [3.63, 3.8) is 0 Å². The SMILES string of the molecule is CCc1ccc2oc(-c3cc(NC(=S)NC(=O)c4ccc(-c5ccc(Cl)c(Cl)c5)o4)ccc3O)nc2c1. The van der Waals surface area contributed by atoms with E-state index in [-0.39, 0.29) is 22.5 Å². The molecule has 0 unspecified atom stereocenters. The van der Waals surface area contributed by atoms with Crippen LogP contribution in [0.3, 0.4) is 0 Å². The number of hydrogen-bond donors (Lipinski definition) is 3. The van der Waals surface area contributed by atoms with Crippen LogP contribution in [-0.4, -0.2) is 21.1 Å². The Morgan fingerprint density at radius 1 is 1.00 bits per heavy atom. The maximum Gasteiger partial charge on any atom is 0.293 e. The van der Waals surface area contributed by atoms with Gasteiger partial charge in [-0.1, -0.05) is 36.2 Å². The number of carbonyl (C=O) groups is 1. The summed E-state index contributed by atoms with van der Waals surface area (Å²) in [6.07, 6.45) is 0.876. The predicted octanol–water partition coefficient (Wildman–Crippen LogP) is 7.46. The van der Waals surface area contributed by atoms with Crippen LogP contribution in [0.1, 0.15) is 23.0 Å². The zero-order chi connectivity index (χ0) is 26.1. The van der Waals surface area contributed by atoms with Crippen LogP contribution >= 0.6 is 35.4 Å². The van der Waals surface area contributed by atoms with E-state index in [9.17, 15) is 9.90 Å². The molecule has 5 rings (SSSR count). The Kier molecular flexibility index (Phi) is 6.88. The molecule has 37 heavy (non-hydrogen) atoms. The van der Waals surface area contributed by atoms with Gasteiger partial charge >= 0.3 is 0 Å². The van der Waals surface area contributed by atoms with Crippen LogP contribution in [0, 0.1) is 0 Å². The van der Waals surface area contributed by atoms with Gasteiger partial charge in [-0.2, -0.15) is 0 Å². The third-order valence-corrected chi connectivity index (χ3v) is 6.55. The van der Waals surface area contributed by atoms with Crippen molar-refractivity contribution in [2.45, 2.75) is 13.3 Å². The van der Waals surface area contributed by atoms with Crippen molar-refractivity contribution in [2.24, 2.45) is 0 Å². The Bertz CT molecular complexity index is 1660. The predicted molar refractivity (Wildman–Crippen MR) is 148 cm³/mol. The van der Waals surface area contributed by atoms with Crippen molar-refractivity contribution < 1.29 is 18.7 Å². The lowest BCUT2D eigenvalue weighted by molar-refractivity contribution is 0.0951. The van der Waals surface area contributed by atoms with Crippen LogP contribution < -0.4 is 10.6 Å². The summed E-state index contributed by atoms with van der Waals surface area (Å²) >= 11 is 17.3. The van der Waals surface area contributed by atoms with Gasteiger partial charge in [-0.3, -0.25) is 10.1 Å². The molecule has 0 fully saturated rings. The van der Waals surface area contributed by atoms with Crippen molar-refractivity contribution in [2.75, 3.05) is 5.32 Å². The molecule has 0 radical (unpaired) electrons. The molecule has 0 saturated heterocycles. The molecule has 0 aliphatic heterocycles. The van der Waals surface area contributed by atoms with Gasteiger partial charge < -0.3 is 19.3 Å². The van der Waals surface area contributed by atoms with Crippen molar-refractivity contribution in [3.05, 3.63) is 88.1 Å². The maximum atomic E-state index is 12.7. The third-order valence-electron chi connectivity index (χ3n) is 5.61. The van der Waals surface area contributed by atoms with E-state index >= 15 is 0 Å². The van der Waals surface area contributed by atoms with Gasteiger partial charge in [-0.05, 0) is 84.9 Å². The summed E-state index contributed by atoms with van der Waals surface area (Å²) < 4.78 is 11.5. The molecule has 0 atom stereocenters. The second-order valence-electron chi connectivity index (χ2n) is 8.11. The molecule has 2 aromatic heterocycles.